The number of likely N-dealkylation sites (tertiary alicyclic amines) is 1. The van der Waals surface area contributed by atoms with Gasteiger partial charge in [0.15, 0.2) is 5.60 Å². The van der Waals surface area contributed by atoms with E-state index < -0.39 is 5.60 Å². The molecule has 1 atom stereocenters. The van der Waals surface area contributed by atoms with Gasteiger partial charge in [-0.3, -0.25) is 9.69 Å². The fraction of sp³-hybridized carbons (Fsp3) is 0.632. The average Bonchev–Trinajstić information content (AvgIpc) is 3.04. The lowest BCUT2D eigenvalue weighted by Crippen LogP contribution is -2.46. The highest BCUT2D eigenvalue weighted by Crippen LogP contribution is 2.28. The standard InChI is InChI=1S/C19H28N2O2S/c1-15-6-9-21(10-7-15)13-17-5-3-2-4-16(17)12-20-18(22)19(23)8-11-24-14-19/h2-5,15,23H,6-14H2,1H3,(H,20,22). The summed E-state index contributed by atoms with van der Waals surface area (Å²) in [7, 11) is 0. The Hall–Kier alpha value is -1.04. The molecule has 0 aliphatic carbocycles. The molecule has 5 heteroatoms. The monoisotopic (exact) mass is 348 g/mol. The summed E-state index contributed by atoms with van der Waals surface area (Å²) in [6, 6.07) is 8.31. The van der Waals surface area contributed by atoms with E-state index in [1.54, 1.807) is 11.8 Å². The Labute approximate surface area is 149 Å². The number of carbonyl (C=O) groups excluding carboxylic acids is 1. The van der Waals surface area contributed by atoms with E-state index in [1.165, 1.54) is 18.4 Å². The summed E-state index contributed by atoms with van der Waals surface area (Å²) in [5.74, 6) is 1.97. The molecule has 0 spiro atoms. The van der Waals surface area contributed by atoms with Crippen LogP contribution in [0.15, 0.2) is 24.3 Å². The van der Waals surface area contributed by atoms with Gasteiger partial charge in [-0.15, -0.1) is 0 Å². The SMILES string of the molecule is CC1CCN(Cc2ccccc2CNC(=O)C2(O)CCSC2)CC1. The van der Waals surface area contributed by atoms with Crippen molar-refractivity contribution in [2.24, 2.45) is 5.92 Å². The van der Waals surface area contributed by atoms with Gasteiger partial charge in [0.2, 0.25) is 0 Å². The van der Waals surface area contributed by atoms with Gasteiger partial charge >= 0.3 is 0 Å². The molecule has 0 saturated carbocycles. The first kappa shape index (κ1) is 17.8. The summed E-state index contributed by atoms with van der Waals surface area (Å²) < 4.78 is 0. The molecule has 2 N–H and O–H groups in total. The maximum Gasteiger partial charge on any atom is 0.253 e. The van der Waals surface area contributed by atoms with E-state index >= 15 is 0 Å². The van der Waals surface area contributed by atoms with Crippen molar-refractivity contribution in [3.8, 4) is 0 Å². The molecule has 2 fully saturated rings. The number of amides is 1. The first-order valence-electron chi connectivity index (χ1n) is 8.94. The van der Waals surface area contributed by atoms with Crippen molar-refractivity contribution in [3.05, 3.63) is 35.4 Å². The molecule has 132 valence electrons. The van der Waals surface area contributed by atoms with Gasteiger partial charge in [0.25, 0.3) is 5.91 Å². The van der Waals surface area contributed by atoms with E-state index in [-0.39, 0.29) is 5.91 Å². The zero-order valence-corrected chi connectivity index (χ0v) is 15.3. The van der Waals surface area contributed by atoms with Crippen molar-refractivity contribution in [2.75, 3.05) is 24.6 Å². The van der Waals surface area contributed by atoms with Crippen LogP contribution in [0.2, 0.25) is 0 Å². The summed E-state index contributed by atoms with van der Waals surface area (Å²) in [6.45, 7) is 6.07. The lowest BCUT2D eigenvalue weighted by Gasteiger charge is -2.30. The molecule has 2 heterocycles. The molecule has 3 rings (SSSR count). The molecular formula is C19H28N2O2S. The number of carbonyl (C=O) groups is 1. The Morgan fingerprint density at radius 3 is 2.71 bits per heavy atom. The largest absolute Gasteiger partial charge is 0.379 e. The molecule has 1 amide bonds. The zero-order valence-electron chi connectivity index (χ0n) is 14.5. The summed E-state index contributed by atoms with van der Waals surface area (Å²) in [4.78, 5) is 14.8. The topological polar surface area (TPSA) is 52.6 Å². The van der Waals surface area contributed by atoms with Crippen molar-refractivity contribution in [1.82, 2.24) is 10.2 Å². The van der Waals surface area contributed by atoms with E-state index in [0.29, 0.717) is 18.7 Å². The normalized spacial score (nSPS) is 25.8. The van der Waals surface area contributed by atoms with Gasteiger partial charge in [-0.05, 0) is 55.1 Å². The predicted molar refractivity (Wildman–Crippen MR) is 98.9 cm³/mol. The third-order valence-corrected chi connectivity index (χ3v) is 6.43. The van der Waals surface area contributed by atoms with Crippen LogP contribution in [0.1, 0.15) is 37.3 Å². The Morgan fingerprint density at radius 1 is 1.33 bits per heavy atom. The number of hydrogen-bond acceptors (Lipinski definition) is 4. The highest BCUT2D eigenvalue weighted by atomic mass is 32.2. The molecule has 1 unspecified atom stereocenters. The van der Waals surface area contributed by atoms with Gasteiger partial charge in [-0.25, -0.2) is 0 Å². The van der Waals surface area contributed by atoms with Gasteiger partial charge < -0.3 is 10.4 Å². The highest BCUT2D eigenvalue weighted by Gasteiger charge is 2.39. The van der Waals surface area contributed by atoms with Crippen molar-refractivity contribution >= 4 is 17.7 Å². The number of nitrogens with zero attached hydrogens (tertiary/aromatic N) is 1. The van der Waals surface area contributed by atoms with Crippen molar-refractivity contribution in [2.45, 2.75) is 44.9 Å². The molecule has 1 aromatic carbocycles. The second-order valence-corrected chi connectivity index (χ2v) is 8.35. The second kappa shape index (κ2) is 7.89. The van der Waals surface area contributed by atoms with E-state index in [4.69, 9.17) is 0 Å². The quantitative estimate of drug-likeness (QED) is 0.858. The predicted octanol–water partition coefficient (Wildman–Crippen LogP) is 2.40. The zero-order chi connectivity index (χ0) is 17.0. The fourth-order valence-corrected chi connectivity index (χ4v) is 4.66. The first-order valence-corrected chi connectivity index (χ1v) is 10.1. The second-order valence-electron chi connectivity index (χ2n) is 7.24. The van der Waals surface area contributed by atoms with Crippen LogP contribution in [0.25, 0.3) is 0 Å². The summed E-state index contributed by atoms with van der Waals surface area (Å²) in [6.07, 6.45) is 3.09. The molecule has 1 aromatic rings. The molecule has 2 aliphatic rings. The number of aliphatic hydroxyl groups is 1. The minimum absolute atomic E-state index is 0.228. The van der Waals surface area contributed by atoms with Crippen molar-refractivity contribution < 1.29 is 9.90 Å². The summed E-state index contributed by atoms with van der Waals surface area (Å²) in [5.41, 5.74) is 1.25. The van der Waals surface area contributed by atoms with Gasteiger partial charge in [-0.2, -0.15) is 11.8 Å². The lowest BCUT2D eigenvalue weighted by molar-refractivity contribution is -0.137. The Kier molecular flexibility index (Phi) is 5.85. The number of piperidine rings is 1. The fourth-order valence-electron chi connectivity index (χ4n) is 3.42. The minimum Gasteiger partial charge on any atom is -0.379 e. The molecular weight excluding hydrogens is 320 g/mol. The number of benzene rings is 1. The van der Waals surface area contributed by atoms with Crippen LogP contribution in [-0.2, 0) is 17.9 Å². The van der Waals surface area contributed by atoms with Gasteiger partial charge in [-0.1, -0.05) is 31.2 Å². The van der Waals surface area contributed by atoms with E-state index in [2.05, 4.69) is 35.3 Å². The number of rotatable bonds is 5. The summed E-state index contributed by atoms with van der Waals surface area (Å²) in [5, 5.41) is 13.3. The van der Waals surface area contributed by atoms with E-state index in [0.717, 1.165) is 36.9 Å². The van der Waals surface area contributed by atoms with Crippen LogP contribution < -0.4 is 5.32 Å². The molecule has 24 heavy (non-hydrogen) atoms. The van der Waals surface area contributed by atoms with Crippen molar-refractivity contribution in [1.29, 1.82) is 0 Å². The number of hydrogen-bond donors (Lipinski definition) is 2. The number of nitrogens with one attached hydrogen (secondary N) is 1. The average molecular weight is 349 g/mol. The van der Waals surface area contributed by atoms with Crippen LogP contribution in [0.4, 0.5) is 0 Å². The van der Waals surface area contributed by atoms with Crippen LogP contribution >= 0.6 is 11.8 Å². The molecule has 0 radical (unpaired) electrons. The molecule has 4 nitrogen and oxygen atoms in total. The van der Waals surface area contributed by atoms with Gasteiger partial charge in [0.05, 0.1) is 0 Å². The van der Waals surface area contributed by atoms with Crippen molar-refractivity contribution in [3.63, 3.8) is 0 Å². The lowest BCUT2D eigenvalue weighted by atomic mass is 9.98. The smallest absolute Gasteiger partial charge is 0.253 e. The van der Waals surface area contributed by atoms with E-state index in [1.807, 2.05) is 6.07 Å². The van der Waals surface area contributed by atoms with Crippen LogP contribution in [0.5, 0.6) is 0 Å². The summed E-state index contributed by atoms with van der Waals surface area (Å²) >= 11 is 1.64. The van der Waals surface area contributed by atoms with Crippen LogP contribution in [0.3, 0.4) is 0 Å². The Bertz CT molecular complexity index is 564. The Balaban J connectivity index is 1.58. The van der Waals surface area contributed by atoms with E-state index in [9.17, 15) is 9.90 Å². The van der Waals surface area contributed by atoms with Gasteiger partial charge in [0.1, 0.15) is 0 Å². The maximum atomic E-state index is 12.3. The first-order chi connectivity index (χ1) is 11.6. The Morgan fingerprint density at radius 2 is 2.04 bits per heavy atom. The van der Waals surface area contributed by atoms with Crippen LogP contribution in [-0.4, -0.2) is 46.1 Å². The van der Waals surface area contributed by atoms with Gasteiger partial charge in [0, 0.05) is 18.8 Å². The highest BCUT2D eigenvalue weighted by molar-refractivity contribution is 7.99. The molecule has 0 aromatic heterocycles. The maximum absolute atomic E-state index is 12.3. The van der Waals surface area contributed by atoms with Crippen LogP contribution in [0, 0.1) is 5.92 Å². The third-order valence-electron chi connectivity index (χ3n) is 5.25. The number of thioether (sulfide) groups is 1. The molecule has 2 saturated heterocycles. The molecule has 0 bridgehead atoms. The minimum atomic E-state index is -1.18. The molecule has 2 aliphatic heterocycles. The third kappa shape index (κ3) is 4.32.